The number of hydrogen-bond acceptors (Lipinski definition) is 4. The average Bonchev–Trinajstić information content (AvgIpc) is 2.94. The molecule has 0 aliphatic heterocycles. The van der Waals surface area contributed by atoms with Gasteiger partial charge in [0.2, 0.25) is 0 Å². The molecule has 6 nitrogen and oxygen atoms in total. The van der Waals surface area contributed by atoms with Crippen LogP contribution in [0.2, 0.25) is 0 Å². The van der Waals surface area contributed by atoms with Crippen molar-refractivity contribution in [1.29, 1.82) is 0 Å². The Kier molecular flexibility index (Phi) is 3.36. The molecule has 1 N–H and O–H groups in total. The number of fused-ring (bicyclic) bond motifs is 1. The summed E-state index contributed by atoms with van der Waals surface area (Å²) in [5, 5.41) is 10.8. The first-order valence-corrected chi connectivity index (χ1v) is 7.01. The Morgan fingerprint density at radius 1 is 1.23 bits per heavy atom. The van der Waals surface area contributed by atoms with Gasteiger partial charge in [-0.1, -0.05) is 6.07 Å². The predicted octanol–water partition coefficient (Wildman–Crippen LogP) is 2.10. The zero-order valence-electron chi connectivity index (χ0n) is 12.7. The van der Waals surface area contributed by atoms with Crippen molar-refractivity contribution in [3.63, 3.8) is 0 Å². The molecule has 0 atom stereocenters. The van der Waals surface area contributed by atoms with E-state index in [-0.39, 0.29) is 5.91 Å². The fraction of sp³-hybridized carbons (Fsp3) is 0.250. The molecule has 0 fully saturated rings. The summed E-state index contributed by atoms with van der Waals surface area (Å²) < 4.78 is 1.72. The van der Waals surface area contributed by atoms with Crippen molar-refractivity contribution < 1.29 is 4.79 Å². The van der Waals surface area contributed by atoms with Crippen molar-refractivity contribution in [2.45, 2.75) is 26.3 Å². The van der Waals surface area contributed by atoms with E-state index in [1.54, 1.807) is 35.3 Å². The van der Waals surface area contributed by atoms with Crippen LogP contribution >= 0.6 is 0 Å². The third-order valence-corrected chi connectivity index (χ3v) is 3.61. The molecule has 3 aromatic rings. The fourth-order valence-corrected chi connectivity index (χ4v) is 2.23. The lowest BCUT2D eigenvalue weighted by molar-refractivity contribution is 0.0911. The number of nitrogens with one attached hydrogen (secondary N) is 1. The first kappa shape index (κ1) is 14.2. The molecule has 0 aliphatic carbocycles. The Hall–Kier alpha value is -2.76. The van der Waals surface area contributed by atoms with Crippen LogP contribution in [0.1, 0.15) is 35.5 Å². The summed E-state index contributed by atoms with van der Waals surface area (Å²) in [4.78, 5) is 16.8. The summed E-state index contributed by atoms with van der Waals surface area (Å²) in [6.07, 6.45) is 5.08. The van der Waals surface area contributed by atoms with Crippen LogP contribution in [0.3, 0.4) is 0 Å². The summed E-state index contributed by atoms with van der Waals surface area (Å²) in [5.41, 5.74) is 2.65. The minimum Gasteiger partial charge on any atom is -0.343 e. The highest BCUT2D eigenvalue weighted by molar-refractivity contribution is 5.94. The maximum atomic E-state index is 12.5. The molecule has 112 valence electrons. The Morgan fingerprint density at radius 2 is 2.05 bits per heavy atom. The van der Waals surface area contributed by atoms with Crippen LogP contribution in [-0.2, 0) is 5.54 Å². The maximum absolute atomic E-state index is 12.5. The van der Waals surface area contributed by atoms with Gasteiger partial charge < -0.3 is 5.32 Å². The molecular weight excluding hydrogens is 278 g/mol. The van der Waals surface area contributed by atoms with Gasteiger partial charge in [-0.3, -0.25) is 14.2 Å². The third kappa shape index (κ3) is 2.67. The van der Waals surface area contributed by atoms with Gasteiger partial charge in [0, 0.05) is 18.1 Å². The van der Waals surface area contributed by atoms with Crippen LogP contribution in [0.15, 0.2) is 43.0 Å². The van der Waals surface area contributed by atoms with Gasteiger partial charge in [-0.15, -0.1) is 10.2 Å². The van der Waals surface area contributed by atoms with Crippen LogP contribution < -0.4 is 5.32 Å². The summed E-state index contributed by atoms with van der Waals surface area (Å²) >= 11 is 0. The summed E-state index contributed by atoms with van der Waals surface area (Å²) in [7, 11) is 0. The largest absolute Gasteiger partial charge is 0.343 e. The van der Waals surface area contributed by atoms with Crippen molar-refractivity contribution in [1.82, 2.24) is 24.9 Å². The molecule has 22 heavy (non-hydrogen) atoms. The Labute approximate surface area is 128 Å². The van der Waals surface area contributed by atoms with Crippen molar-refractivity contribution >= 4 is 11.6 Å². The first-order chi connectivity index (χ1) is 10.5. The van der Waals surface area contributed by atoms with E-state index in [0.717, 1.165) is 11.3 Å². The number of aryl methyl sites for hydroxylation is 1. The molecule has 6 heteroatoms. The lowest BCUT2D eigenvalue weighted by atomic mass is 9.95. The number of hydrogen-bond donors (Lipinski definition) is 1. The molecule has 3 aromatic heterocycles. The smallest absolute Gasteiger partial charge is 0.253 e. The molecule has 3 heterocycles. The normalized spacial score (nSPS) is 11.6. The van der Waals surface area contributed by atoms with Crippen LogP contribution in [0.4, 0.5) is 0 Å². The van der Waals surface area contributed by atoms with Crippen LogP contribution in [-0.4, -0.2) is 25.5 Å². The summed E-state index contributed by atoms with van der Waals surface area (Å²) in [6, 6.07) is 7.42. The fourth-order valence-electron chi connectivity index (χ4n) is 2.23. The van der Waals surface area contributed by atoms with Crippen molar-refractivity contribution in [2.75, 3.05) is 0 Å². The minimum atomic E-state index is -0.514. The van der Waals surface area contributed by atoms with Gasteiger partial charge in [0.05, 0.1) is 11.1 Å². The highest BCUT2D eigenvalue weighted by Crippen LogP contribution is 2.20. The molecule has 0 saturated carbocycles. The Balaban J connectivity index is 1.84. The highest BCUT2D eigenvalue weighted by atomic mass is 16.1. The van der Waals surface area contributed by atoms with E-state index >= 15 is 0 Å². The Bertz CT molecular complexity index is 820. The standard InChI is InChI=1S/C16H17N5O/c1-11-4-6-13(8-17-11)16(2,3)19-15(22)12-5-7-14-20-18-10-21(14)9-12/h4-10H,1-3H3,(H,19,22). The van der Waals surface area contributed by atoms with E-state index < -0.39 is 5.54 Å². The number of carbonyl (C=O) groups excluding carboxylic acids is 1. The van der Waals surface area contributed by atoms with Crippen LogP contribution in [0, 0.1) is 6.92 Å². The zero-order chi connectivity index (χ0) is 15.7. The van der Waals surface area contributed by atoms with Gasteiger partial charge in [-0.2, -0.15) is 0 Å². The number of nitrogens with zero attached hydrogens (tertiary/aromatic N) is 4. The maximum Gasteiger partial charge on any atom is 0.253 e. The van der Waals surface area contributed by atoms with E-state index in [1.165, 1.54) is 0 Å². The van der Waals surface area contributed by atoms with Gasteiger partial charge in [-0.25, -0.2) is 0 Å². The molecule has 0 radical (unpaired) electrons. The quantitative estimate of drug-likeness (QED) is 0.803. The second-order valence-corrected chi connectivity index (χ2v) is 5.78. The number of amides is 1. The second kappa shape index (κ2) is 5.22. The number of carbonyl (C=O) groups is 1. The van der Waals surface area contributed by atoms with Gasteiger partial charge >= 0.3 is 0 Å². The predicted molar refractivity (Wildman–Crippen MR) is 82.5 cm³/mol. The van der Waals surface area contributed by atoms with Crippen LogP contribution in [0.25, 0.3) is 5.65 Å². The SMILES string of the molecule is Cc1ccc(C(C)(C)NC(=O)c2ccc3nncn3c2)cn1. The number of rotatable bonds is 3. The van der Waals surface area contributed by atoms with E-state index in [4.69, 9.17) is 0 Å². The molecule has 0 aliphatic rings. The first-order valence-electron chi connectivity index (χ1n) is 7.01. The lowest BCUT2D eigenvalue weighted by Crippen LogP contribution is -2.41. The lowest BCUT2D eigenvalue weighted by Gasteiger charge is -2.26. The number of pyridine rings is 2. The topological polar surface area (TPSA) is 72.2 Å². The molecule has 0 spiro atoms. The molecular formula is C16H17N5O. The third-order valence-electron chi connectivity index (χ3n) is 3.61. The molecule has 0 unspecified atom stereocenters. The minimum absolute atomic E-state index is 0.152. The average molecular weight is 295 g/mol. The highest BCUT2D eigenvalue weighted by Gasteiger charge is 2.24. The zero-order valence-corrected chi connectivity index (χ0v) is 12.7. The molecule has 0 saturated heterocycles. The van der Waals surface area contributed by atoms with E-state index in [0.29, 0.717) is 11.2 Å². The van der Waals surface area contributed by atoms with Crippen molar-refractivity contribution in [3.05, 3.63) is 59.8 Å². The van der Waals surface area contributed by atoms with Crippen molar-refractivity contribution in [2.24, 2.45) is 0 Å². The van der Waals surface area contributed by atoms with E-state index in [2.05, 4.69) is 20.5 Å². The van der Waals surface area contributed by atoms with E-state index in [9.17, 15) is 4.79 Å². The van der Waals surface area contributed by atoms with Gasteiger partial charge in [-0.05, 0) is 44.5 Å². The molecule has 1 amide bonds. The Morgan fingerprint density at radius 3 is 2.77 bits per heavy atom. The van der Waals surface area contributed by atoms with E-state index in [1.807, 2.05) is 32.9 Å². The summed E-state index contributed by atoms with van der Waals surface area (Å²) in [5.74, 6) is -0.152. The molecule has 0 aromatic carbocycles. The van der Waals surface area contributed by atoms with Crippen molar-refractivity contribution in [3.8, 4) is 0 Å². The molecule has 3 rings (SSSR count). The monoisotopic (exact) mass is 295 g/mol. The summed E-state index contributed by atoms with van der Waals surface area (Å²) in [6.45, 7) is 5.84. The second-order valence-electron chi connectivity index (χ2n) is 5.78. The van der Waals surface area contributed by atoms with Gasteiger partial charge in [0.1, 0.15) is 6.33 Å². The van der Waals surface area contributed by atoms with Crippen LogP contribution in [0.5, 0.6) is 0 Å². The number of aromatic nitrogens is 4. The van der Waals surface area contributed by atoms with Gasteiger partial charge in [0.25, 0.3) is 5.91 Å². The molecule has 0 bridgehead atoms. The van der Waals surface area contributed by atoms with Gasteiger partial charge in [0.15, 0.2) is 5.65 Å².